The second-order valence-corrected chi connectivity index (χ2v) is 5.64. The summed E-state index contributed by atoms with van der Waals surface area (Å²) in [5.74, 6) is -0.682. The third kappa shape index (κ3) is 4.55. The third-order valence-corrected chi connectivity index (χ3v) is 3.42. The van der Waals surface area contributed by atoms with Crippen molar-refractivity contribution in [1.29, 1.82) is 0 Å². The molecule has 1 atom stereocenters. The number of ether oxygens (including phenoxy) is 1. The number of nitrogens with one attached hydrogen (secondary N) is 1. The van der Waals surface area contributed by atoms with Crippen molar-refractivity contribution < 1.29 is 19.4 Å². The van der Waals surface area contributed by atoms with Crippen LogP contribution in [0.5, 0.6) is 5.75 Å². The van der Waals surface area contributed by atoms with Crippen molar-refractivity contribution in [2.75, 3.05) is 6.61 Å². The van der Waals surface area contributed by atoms with E-state index in [1.807, 2.05) is 38.1 Å². The van der Waals surface area contributed by atoms with Gasteiger partial charge in [0.1, 0.15) is 18.1 Å². The van der Waals surface area contributed by atoms with Crippen LogP contribution in [0.4, 0.5) is 0 Å². The number of carboxylic acid groups (broad SMARTS) is 1. The van der Waals surface area contributed by atoms with Crippen LogP contribution in [0.25, 0.3) is 0 Å². The van der Waals surface area contributed by atoms with E-state index in [0.29, 0.717) is 12.3 Å². The first-order valence-electron chi connectivity index (χ1n) is 7.58. The minimum absolute atomic E-state index is 0.0855. The molecule has 0 aliphatic heterocycles. The first kappa shape index (κ1) is 17.5. The van der Waals surface area contributed by atoms with Gasteiger partial charge in [0.05, 0.1) is 17.3 Å². The maximum Gasteiger partial charge on any atom is 0.337 e. The number of hydrogen-bond acceptors (Lipinski definition) is 4. The van der Waals surface area contributed by atoms with Crippen LogP contribution in [0.2, 0.25) is 0 Å². The number of aromatic carboxylic acids is 1. The Labute approximate surface area is 140 Å². The zero-order chi connectivity index (χ0) is 17.7. The number of carbonyl (C=O) groups is 2. The molecule has 1 unspecified atom stereocenters. The normalized spacial score (nSPS) is 11.6. The van der Waals surface area contributed by atoms with Crippen LogP contribution in [0, 0.1) is 13.8 Å². The number of hydrogen-bond donors (Lipinski definition) is 2. The third-order valence-electron chi connectivity index (χ3n) is 3.42. The van der Waals surface area contributed by atoms with E-state index >= 15 is 0 Å². The number of pyridine rings is 1. The lowest BCUT2D eigenvalue weighted by Crippen LogP contribution is -2.37. The van der Waals surface area contributed by atoms with E-state index in [0.717, 1.165) is 11.3 Å². The lowest BCUT2D eigenvalue weighted by Gasteiger charge is -2.15. The Hall–Kier alpha value is -2.89. The summed E-state index contributed by atoms with van der Waals surface area (Å²) >= 11 is 0. The van der Waals surface area contributed by atoms with Crippen molar-refractivity contribution in [1.82, 2.24) is 10.3 Å². The maximum atomic E-state index is 12.2. The summed E-state index contributed by atoms with van der Waals surface area (Å²) in [4.78, 5) is 27.2. The zero-order valence-electron chi connectivity index (χ0n) is 13.9. The minimum Gasteiger partial charge on any atom is -0.491 e. The van der Waals surface area contributed by atoms with Crippen molar-refractivity contribution >= 4 is 11.9 Å². The van der Waals surface area contributed by atoms with Crippen molar-refractivity contribution in [2.45, 2.75) is 26.8 Å². The van der Waals surface area contributed by atoms with Gasteiger partial charge in [-0.3, -0.25) is 4.79 Å². The largest absolute Gasteiger partial charge is 0.491 e. The molecule has 0 saturated carbocycles. The Kier molecular flexibility index (Phi) is 5.52. The Morgan fingerprint density at radius 3 is 2.62 bits per heavy atom. The fourth-order valence-corrected chi connectivity index (χ4v) is 2.18. The average molecular weight is 328 g/mol. The highest BCUT2D eigenvalue weighted by atomic mass is 16.5. The van der Waals surface area contributed by atoms with Gasteiger partial charge in [-0.25, -0.2) is 9.78 Å². The van der Waals surface area contributed by atoms with Gasteiger partial charge in [0.2, 0.25) is 0 Å². The molecule has 2 N–H and O–H groups in total. The van der Waals surface area contributed by atoms with E-state index in [1.165, 1.54) is 12.1 Å². The number of aromatic nitrogens is 1. The Bertz CT molecular complexity index is 758. The topological polar surface area (TPSA) is 88.5 Å². The second-order valence-electron chi connectivity index (χ2n) is 5.64. The van der Waals surface area contributed by atoms with Crippen LogP contribution >= 0.6 is 0 Å². The summed E-state index contributed by atoms with van der Waals surface area (Å²) < 4.78 is 5.65. The molecule has 126 valence electrons. The Morgan fingerprint density at radius 1 is 1.25 bits per heavy atom. The summed E-state index contributed by atoms with van der Waals surface area (Å²) in [7, 11) is 0. The van der Waals surface area contributed by atoms with Crippen LogP contribution < -0.4 is 10.1 Å². The molecule has 0 saturated heterocycles. The smallest absolute Gasteiger partial charge is 0.337 e. The van der Waals surface area contributed by atoms with Gasteiger partial charge in [0, 0.05) is 0 Å². The quantitative estimate of drug-likeness (QED) is 0.851. The van der Waals surface area contributed by atoms with Gasteiger partial charge in [-0.2, -0.15) is 0 Å². The molecule has 1 aromatic heterocycles. The van der Waals surface area contributed by atoms with Gasteiger partial charge in [0.25, 0.3) is 5.91 Å². The molecule has 1 aromatic carbocycles. The molecule has 2 aromatic rings. The second kappa shape index (κ2) is 7.59. The fourth-order valence-electron chi connectivity index (χ4n) is 2.18. The molecule has 1 amide bonds. The molecule has 0 fully saturated rings. The van der Waals surface area contributed by atoms with Crippen LogP contribution in [-0.4, -0.2) is 34.6 Å². The lowest BCUT2D eigenvalue weighted by molar-refractivity contribution is 0.0694. The maximum absolute atomic E-state index is 12.2. The molecule has 1 heterocycles. The summed E-state index contributed by atoms with van der Waals surface area (Å²) in [5.41, 5.74) is 1.67. The molecule has 6 nitrogen and oxygen atoms in total. The van der Waals surface area contributed by atoms with E-state index < -0.39 is 5.97 Å². The molecular formula is C18H20N2O4. The van der Waals surface area contributed by atoms with Crippen molar-refractivity contribution in [3.05, 3.63) is 58.9 Å². The van der Waals surface area contributed by atoms with E-state index in [-0.39, 0.29) is 23.2 Å². The average Bonchev–Trinajstić information content (AvgIpc) is 2.52. The van der Waals surface area contributed by atoms with Gasteiger partial charge in [-0.05, 0) is 50.6 Å². The number of amides is 1. The van der Waals surface area contributed by atoms with Gasteiger partial charge in [-0.1, -0.05) is 12.1 Å². The van der Waals surface area contributed by atoms with E-state index in [1.54, 1.807) is 6.92 Å². The predicted octanol–water partition coefficient (Wildman–Crippen LogP) is 2.59. The van der Waals surface area contributed by atoms with Crippen molar-refractivity contribution in [3.8, 4) is 5.75 Å². The molecule has 0 bridgehead atoms. The van der Waals surface area contributed by atoms with Crippen molar-refractivity contribution in [2.24, 2.45) is 0 Å². The minimum atomic E-state index is -1.06. The molecule has 0 aliphatic rings. The number of rotatable bonds is 6. The van der Waals surface area contributed by atoms with Crippen LogP contribution in [0.15, 0.2) is 36.4 Å². The number of carbonyl (C=O) groups excluding carboxylic acids is 1. The first-order chi connectivity index (χ1) is 11.4. The number of carboxylic acids is 1. The fraction of sp³-hybridized carbons (Fsp3) is 0.278. The lowest BCUT2D eigenvalue weighted by atomic mass is 10.2. The van der Waals surface area contributed by atoms with E-state index in [9.17, 15) is 9.59 Å². The molecule has 0 aliphatic carbocycles. The van der Waals surface area contributed by atoms with Gasteiger partial charge >= 0.3 is 5.97 Å². The molecule has 0 spiro atoms. The summed E-state index contributed by atoms with van der Waals surface area (Å²) in [6, 6.07) is 10.2. The van der Waals surface area contributed by atoms with E-state index in [2.05, 4.69) is 10.3 Å². The highest BCUT2D eigenvalue weighted by Gasteiger charge is 2.15. The van der Waals surface area contributed by atoms with Gasteiger partial charge in [-0.15, -0.1) is 0 Å². The Balaban J connectivity index is 1.94. The first-order valence-corrected chi connectivity index (χ1v) is 7.58. The molecule has 2 rings (SSSR count). The van der Waals surface area contributed by atoms with Crippen LogP contribution in [0.1, 0.15) is 39.0 Å². The summed E-state index contributed by atoms with van der Waals surface area (Å²) in [6.07, 6.45) is 0. The summed E-state index contributed by atoms with van der Waals surface area (Å²) in [6.45, 7) is 5.69. The van der Waals surface area contributed by atoms with Crippen LogP contribution in [-0.2, 0) is 0 Å². The zero-order valence-corrected chi connectivity index (χ0v) is 13.9. The molecule has 6 heteroatoms. The SMILES string of the molecule is Cc1cccc(OCC(C)NC(=O)c2ccc(C(=O)O)c(C)n2)c1. The van der Waals surface area contributed by atoms with E-state index in [4.69, 9.17) is 9.84 Å². The summed E-state index contributed by atoms with van der Waals surface area (Å²) in [5, 5.41) is 11.8. The standard InChI is InChI=1S/C18H20N2O4/c1-11-5-4-6-14(9-11)24-10-12(2)19-17(21)16-8-7-15(18(22)23)13(3)20-16/h4-9,12H,10H2,1-3H3,(H,19,21)(H,22,23). The Morgan fingerprint density at radius 2 is 2.00 bits per heavy atom. The molecular weight excluding hydrogens is 308 g/mol. The van der Waals surface area contributed by atoms with Gasteiger partial charge in [0.15, 0.2) is 0 Å². The molecule has 0 radical (unpaired) electrons. The highest BCUT2D eigenvalue weighted by molar-refractivity contribution is 5.94. The monoisotopic (exact) mass is 328 g/mol. The van der Waals surface area contributed by atoms with Crippen LogP contribution in [0.3, 0.4) is 0 Å². The number of aryl methyl sites for hydroxylation is 2. The van der Waals surface area contributed by atoms with Crippen molar-refractivity contribution in [3.63, 3.8) is 0 Å². The van der Waals surface area contributed by atoms with Gasteiger partial charge < -0.3 is 15.2 Å². The highest BCUT2D eigenvalue weighted by Crippen LogP contribution is 2.12. The predicted molar refractivity (Wildman–Crippen MR) is 89.5 cm³/mol. The number of benzene rings is 1. The number of nitrogens with zero attached hydrogens (tertiary/aromatic N) is 1. The molecule has 24 heavy (non-hydrogen) atoms.